The lowest BCUT2D eigenvalue weighted by Crippen LogP contribution is -2.06. The second kappa shape index (κ2) is 17.9. The summed E-state index contributed by atoms with van der Waals surface area (Å²) in [5.74, 6) is 2.34. The summed E-state index contributed by atoms with van der Waals surface area (Å²) in [5.41, 5.74) is 0. The largest absolute Gasteiger partial charge is 0.490 e. The first-order valence-electron chi connectivity index (χ1n) is 12.3. The van der Waals surface area contributed by atoms with Crippen LogP contribution >= 0.6 is 0 Å². The Morgan fingerprint density at radius 3 is 1.75 bits per heavy atom. The Labute approximate surface area is 175 Å². The van der Waals surface area contributed by atoms with Crippen LogP contribution in [-0.2, 0) is 0 Å². The van der Waals surface area contributed by atoms with Crippen LogP contribution in [-0.4, -0.2) is 16.6 Å². The standard InChI is InChI=1S/C25H46N2O/c1-4-7-9-11-12-13-15-17-20-28-24-21-26-25(27-22-24)23(18-6-3)19-16-14-10-8-5-2/h21-23H,4-20H2,1-3H3. The van der Waals surface area contributed by atoms with Crippen molar-refractivity contribution in [1.29, 1.82) is 0 Å². The summed E-state index contributed by atoms with van der Waals surface area (Å²) in [6.45, 7) is 7.58. The van der Waals surface area contributed by atoms with Crippen molar-refractivity contribution in [3.63, 3.8) is 0 Å². The molecule has 0 radical (unpaired) electrons. The minimum absolute atomic E-state index is 0.508. The van der Waals surface area contributed by atoms with Crippen molar-refractivity contribution in [3.05, 3.63) is 18.2 Å². The van der Waals surface area contributed by atoms with Crippen molar-refractivity contribution >= 4 is 0 Å². The Morgan fingerprint density at radius 1 is 0.643 bits per heavy atom. The van der Waals surface area contributed by atoms with Crippen molar-refractivity contribution < 1.29 is 4.74 Å². The van der Waals surface area contributed by atoms with Crippen LogP contribution in [0.5, 0.6) is 5.75 Å². The molecule has 0 fully saturated rings. The molecule has 1 aromatic rings. The third kappa shape index (κ3) is 12.4. The Balaban J connectivity index is 2.22. The highest BCUT2D eigenvalue weighted by atomic mass is 16.5. The van der Waals surface area contributed by atoms with E-state index < -0.39 is 0 Å². The summed E-state index contributed by atoms with van der Waals surface area (Å²) in [5, 5.41) is 0. The minimum atomic E-state index is 0.508. The van der Waals surface area contributed by atoms with Gasteiger partial charge in [0.1, 0.15) is 5.82 Å². The first-order valence-corrected chi connectivity index (χ1v) is 12.3. The van der Waals surface area contributed by atoms with E-state index in [1.807, 2.05) is 12.4 Å². The molecule has 1 rings (SSSR count). The predicted molar refractivity (Wildman–Crippen MR) is 121 cm³/mol. The molecule has 0 saturated heterocycles. The van der Waals surface area contributed by atoms with Gasteiger partial charge in [-0.2, -0.15) is 0 Å². The van der Waals surface area contributed by atoms with Gasteiger partial charge in [-0.25, -0.2) is 9.97 Å². The van der Waals surface area contributed by atoms with Crippen molar-refractivity contribution in [1.82, 2.24) is 9.97 Å². The van der Waals surface area contributed by atoms with Crippen LogP contribution in [0.25, 0.3) is 0 Å². The van der Waals surface area contributed by atoms with Gasteiger partial charge in [-0.15, -0.1) is 0 Å². The van der Waals surface area contributed by atoms with Crippen molar-refractivity contribution in [2.45, 2.75) is 129 Å². The van der Waals surface area contributed by atoms with E-state index in [-0.39, 0.29) is 0 Å². The molecule has 3 nitrogen and oxygen atoms in total. The van der Waals surface area contributed by atoms with E-state index in [9.17, 15) is 0 Å². The van der Waals surface area contributed by atoms with Crippen molar-refractivity contribution in [2.75, 3.05) is 6.61 Å². The summed E-state index contributed by atoms with van der Waals surface area (Å²) in [6, 6.07) is 0. The molecule has 28 heavy (non-hydrogen) atoms. The SMILES string of the molecule is CCCCCCCCCCOc1cnc(C(CCC)CCCCCCC)nc1. The molecular formula is C25H46N2O. The Hall–Kier alpha value is -1.12. The minimum Gasteiger partial charge on any atom is -0.490 e. The molecule has 0 spiro atoms. The third-order valence-electron chi connectivity index (χ3n) is 5.57. The highest BCUT2D eigenvalue weighted by molar-refractivity contribution is 5.13. The van der Waals surface area contributed by atoms with Gasteiger partial charge in [-0.05, 0) is 19.3 Å². The van der Waals surface area contributed by atoms with Gasteiger partial charge in [-0.3, -0.25) is 0 Å². The Bertz CT molecular complexity index is 446. The zero-order valence-corrected chi connectivity index (χ0v) is 19.1. The van der Waals surface area contributed by atoms with Gasteiger partial charge in [-0.1, -0.05) is 104 Å². The number of ether oxygens (including phenoxy) is 1. The third-order valence-corrected chi connectivity index (χ3v) is 5.57. The molecule has 0 aliphatic rings. The summed E-state index contributed by atoms with van der Waals surface area (Å²) in [4.78, 5) is 9.27. The van der Waals surface area contributed by atoms with E-state index in [1.54, 1.807) is 0 Å². The topological polar surface area (TPSA) is 35.0 Å². The number of hydrogen-bond donors (Lipinski definition) is 0. The van der Waals surface area contributed by atoms with Crippen LogP contribution in [0.15, 0.2) is 12.4 Å². The zero-order chi connectivity index (χ0) is 20.3. The predicted octanol–water partition coefficient (Wildman–Crippen LogP) is 8.24. The van der Waals surface area contributed by atoms with Gasteiger partial charge < -0.3 is 4.74 Å². The summed E-state index contributed by atoms with van der Waals surface area (Å²) >= 11 is 0. The number of unbranched alkanes of at least 4 members (excludes halogenated alkanes) is 11. The molecule has 0 N–H and O–H groups in total. The number of rotatable bonds is 19. The fourth-order valence-electron chi connectivity index (χ4n) is 3.78. The zero-order valence-electron chi connectivity index (χ0n) is 19.1. The van der Waals surface area contributed by atoms with Crippen LogP contribution < -0.4 is 4.74 Å². The van der Waals surface area contributed by atoms with E-state index in [0.29, 0.717) is 5.92 Å². The fourth-order valence-corrected chi connectivity index (χ4v) is 3.78. The fraction of sp³-hybridized carbons (Fsp3) is 0.840. The van der Waals surface area contributed by atoms with Crippen LogP contribution in [0, 0.1) is 0 Å². The lowest BCUT2D eigenvalue weighted by molar-refractivity contribution is 0.301. The van der Waals surface area contributed by atoms with Gasteiger partial charge in [0, 0.05) is 5.92 Å². The smallest absolute Gasteiger partial charge is 0.155 e. The summed E-state index contributed by atoms with van der Waals surface area (Å²) in [7, 11) is 0. The second-order valence-electron chi connectivity index (χ2n) is 8.29. The molecule has 0 aliphatic heterocycles. The van der Waals surface area contributed by atoms with E-state index in [2.05, 4.69) is 30.7 Å². The molecule has 1 aromatic heterocycles. The van der Waals surface area contributed by atoms with Gasteiger partial charge >= 0.3 is 0 Å². The van der Waals surface area contributed by atoms with Crippen LogP contribution in [0.3, 0.4) is 0 Å². The van der Waals surface area contributed by atoms with Gasteiger partial charge in [0.25, 0.3) is 0 Å². The average molecular weight is 391 g/mol. The first kappa shape index (κ1) is 24.9. The maximum Gasteiger partial charge on any atom is 0.155 e. The number of hydrogen-bond acceptors (Lipinski definition) is 3. The monoisotopic (exact) mass is 390 g/mol. The van der Waals surface area contributed by atoms with Gasteiger partial charge in [0.15, 0.2) is 5.75 Å². The van der Waals surface area contributed by atoms with Crippen molar-refractivity contribution in [2.24, 2.45) is 0 Å². The summed E-state index contributed by atoms with van der Waals surface area (Å²) < 4.78 is 5.85. The van der Waals surface area contributed by atoms with Gasteiger partial charge in [0.2, 0.25) is 0 Å². The normalized spacial score (nSPS) is 12.2. The van der Waals surface area contributed by atoms with Crippen LogP contribution in [0.4, 0.5) is 0 Å². The molecule has 1 atom stereocenters. The molecule has 0 aromatic carbocycles. The number of nitrogens with zero attached hydrogens (tertiary/aromatic N) is 2. The Morgan fingerprint density at radius 2 is 1.18 bits per heavy atom. The second-order valence-corrected chi connectivity index (χ2v) is 8.29. The summed E-state index contributed by atoms with van der Waals surface area (Å²) in [6.07, 6.45) is 24.6. The molecule has 1 unspecified atom stereocenters. The molecule has 3 heteroatoms. The molecule has 1 heterocycles. The quantitative estimate of drug-likeness (QED) is 0.223. The maximum atomic E-state index is 5.85. The molecular weight excluding hydrogens is 344 g/mol. The molecule has 0 bridgehead atoms. The molecule has 162 valence electrons. The molecule has 0 amide bonds. The van der Waals surface area contributed by atoms with E-state index in [1.165, 1.54) is 96.3 Å². The van der Waals surface area contributed by atoms with E-state index >= 15 is 0 Å². The van der Waals surface area contributed by atoms with Crippen molar-refractivity contribution in [3.8, 4) is 5.75 Å². The van der Waals surface area contributed by atoms with Crippen LogP contribution in [0.1, 0.15) is 135 Å². The average Bonchev–Trinajstić information content (AvgIpc) is 2.72. The molecule has 0 saturated carbocycles. The van der Waals surface area contributed by atoms with Gasteiger partial charge in [0.05, 0.1) is 19.0 Å². The Kier molecular flexibility index (Phi) is 16.0. The first-order chi connectivity index (χ1) is 13.8. The highest BCUT2D eigenvalue weighted by Crippen LogP contribution is 2.25. The lowest BCUT2D eigenvalue weighted by atomic mass is 9.95. The number of aromatic nitrogens is 2. The highest BCUT2D eigenvalue weighted by Gasteiger charge is 2.13. The lowest BCUT2D eigenvalue weighted by Gasteiger charge is -2.15. The van der Waals surface area contributed by atoms with Crippen LogP contribution in [0.2, 0.25) is 0 Å². The molecule has 0 aliphatic carbocycles. The maximum absolute atomic E-state index is 5.85. The van der Waals surface area contributed by atoms with E-state index in [4.69, 9.17) is 4.74 Å². The van der Waals surface area contributed by atoms with E-state index in [0.717, 1.165) is 24.6 Å².